The summed E-state index contributed by atoms with van der Waals surface area (Å²) in [6.45, 7) is 5.96. The highest BCUT2D eigenvalue weighted by atomic mass is 19.1. The van der Waals surface area contributed by atoms with E-state index in [-0.39, 0.29) is 11.9 Å². The minimum atomic E-state index is -0.191. The average Bonchev–Trinajstić information content (AvgIpc) is 2.43. The quantitative estimate of drug-likeness (QED) is 0.877. The first kappa shape index (κ1) is 14.4. The minimum absolute atomic E-state index is 0.109. The molecule has 1 unspecified atom stereocenters. The van der Waals surface area contributed by atoms with Crippen molar-refractivity contribution in [2.75, 3.05) is 12.4 Å². The molecule has 0 aromatic heterocycles. The molecule has 20 heavy (non-hydrogen) atoms. The van der Waals surface area contributed by atoms with Crippen LogP contribution in [0.25, 0.3) is 0 Å². The Morgan fingerprint density at radius 3 is 2.45 bits per heavy atom. The lowest BCUT2D eigenvalue weighted by atomic mass is 10.0. The number of rotatable bonds is 4. The lowest BCUT2D eigenvalue weighted by molar-refractivity contribution is 0.409. The van der Waals surface area contributed by atoms with Gasteiger partial charge in [0, 0.05) is 16.8 Å². The van der Waals surface area contributed by atoms with Crippen LogP contribution in [-0.2, 0) is 0 Å². The van der Waals surface area contributed by atoms with Gasteiger partial charge in [0.15, 0.2) is 0 Å². The molecule has 1 N–H and O–H groups in total. The predicted octanol–water partition coefficient (Wildman–Crippen LogP) is 4.62. The summed E-state index contributed by atoms with van der Waals surface area (Å²) in [6.07, 6.45) is 0. The lowest BCUT2D eigenvalue weighted by Crippen LogP contribution is -2.10. The standard InChI is InChI=1S/C17H20FNO/c1-11-9-10-16(12(2)17(11)20-4)19-13(3)14-7-5-6-8-15(14)18/h5-10,13,19H,1-4H3. The van der Waals surface area contributed by atoms with E-state index in [2.05, 4.69) is 5.32 Å². The van der Waals surface area contributed by atoms with Crippen LogP contribution in [0.3, 0.4) is 0 Å². The number of hydrogen-bond donors (Lipinski definition) is 1. The highest BCUT2D eigenvalue weighted by Gasteiger charge is 2.13. The predicted molar refractivity (Wildman–Crippen MR) is 80.9 cm³/mol. The van der Waals surface area contributed by atoms with Crippen molar-refractivity contribution >= 4 is 5.69 Å². The molecule has 0 saturated carbocycles. The number of methoxy groups -OCH3 is 1. The zero-order valence-corrected chi connectivity index (χ0v) is 12.3. The first-order valence-corrected chi connectivity index (χ1v) is 6.69. The van der Waals surface area contributed by atoms with Crippen LogP contribution in [0.1, 0.15) is 29.7 Å². The van der Waals surface area contributed by atoms with Crippen molar-refractivity contribution in [1.29, 1.82) is 0 Å². The largest absolute Gasteiger partial charge is 0.496 e. The van der Waals surface area contributed by atoms with Gasteiger partial charge < -0.3 is 10.1 Å². The van der Waals surface area contributed by atoms with E-state index >= 15 is 0 Å². The second-order valence-electron chi connectivity index (χ2n) is 4.98. The molecule has 0 fully saturated rings. The van der Waals surface area contributed by atoms with Gasteiger partial charge in [0.2, 0.25) is 0 Å². The second-order valence-corrected chi connectivity index (χ2v) is 4.98. The normalized spacial score (nSPS) is 12.1. The Kier molecular flexibility index (Phi) is 4.28. The highest BCUT2D eigenvalue weighted by molar-refractivity contribution is 5.60. The fourth-order valence-electron chi connectivity index (χ4n) is 2.43. The van der Waals surface area contributed by atoms with Crippen molar-refractivity contribution in [3.8, 4) is 5.75 Å². The Morgan fingerprint density at radius 2 is 1.80 bits per heavy atom. The zero-order valence-electron chi connectivity index (χ0n) is 12.3. The van der Waals surface area contributed by atoms with Crippen LogP contribution in [0, 0.1) is 19.7 Å². The van der Waals surface area contributed by atoms with Crippen molar-refractivity contribution in [1.82, 2.24) is 0 Å². The summed E-state index contributed by atoms with van der Waals surface area (Å²) in [5.74, 6) is 0.681. The van der Waals surface area contributed by atoms with Crippen LogP contribution in [-0.4, -0.2) is 7.11 Å². The van der Waals surface area contributed by atoms with Gasteiger partial charge in [-0.15, -0.1) is 0 Å². The molecule has 0 amide bonds. The lowest BCUT2D eigenvalue weighted by Gasteiger charge is -2.20. The molecule has 0 radical (unpaired) electrons. The number of nitrogens with one attached hydrogen (secondary N) is 1. The topological polar surface area (TPSA) is 21.3 Å². The molecule has 2 aromatic rings. The van der Waals surface area contributed by atoms with Crippen molar-refractivity contribution in [3.05, 3.63) is 58.9 Å². The van der Waals surface area contributed by atoms with Crippen molar-refractivity contribution in [2.45, 2.75) is 26.8 Å². The van der Waals surface area contributed by atoms with Crippen LogP contribution in [0.2, 0.25) is 0 Å². The van der Waals surface area contributed by atoms with Gasteiger partial charge in [0.25, 0.3) is 0 Å². The number of halogens is 1. The van der Waals surface area contributed by atoms with Crippen LogP contribution in [0.4, 0.5) is 10.1 Å². The summed E-state index contributed by atoms with van der Waals surface area (Å²) in [7, 11) is 1.67. The number of anilines is 1. The van der Waals surface area contributed by atoms with E-state index in [1.165, 1.54) is 6.07 Å². The SMILES string of the molecule is COc1c(C)ccc(NC(C)c2ccccc2F)c1C. The second kappa shape index (κ2) is 5.95. The summed E-state index contributed by atoms with van der Waals surface area (Å²) >= 11 is 0. The third kappa shape index (κ3) is 2.77. The fourth-order valence-corrected chi connectivity index (χ4v) is 2.43. The monoisotopic (exact) mass is 273 g/mol. The van der Waals surface area contributed by atoms with Gasteiger partial charge in [0.1, 0.15) is 11.6 Å². The molecule has 0 spiro atoms. The average molecular weight is 273 g/mol. The molecule has 106 valence electrons. The summed E-state index contributed by atoms with van der Waals surface area (Å²) < 4.78 is 19.2. The van der Waals surface area contributed by atoms with Gasteiger partial charge in [-0.1, -0.05) is 24.3 Å². The van der Waals surface area contributed by atoms with E-state index in [9.17, 15) is 4.39 Å². The molecular formula is C17H20FNO. The van der Waals surface area contributed by atoms with Gasteiger partial charge in [-0.2, -0.15) is 0 Å². The van der Waals surface area contributed by atoms with Crippen LogP contribution in [0.15, 0.2) is 36.4 Å². The maximum Gasteiger partial charge on any atom is 0.128 e. The fraction of sp³-hybridized carbons (Fsp3) is 0.294. The number of ether oxygens (including phenoxy) is 1. The molecule has 2 aromatic carbocycles. The summed E-state index contributed by atoms with van der Waals surface area (Å²) in [4.78, 5) is 0. The Labute approximate surface area is 119 Å². The molecular weight excluding hydrogens is 253 g/mol. The van der Waals surface area contributed by atoms with Crippen LogP contribution < -0.4 is 10.1 Å². The van der Waals surface area contributed by atoms with Gasteiger partial charge in [0.05, 0.1) is 13.2 Å². The minimum Gasteiger partial charge on any atom is -0.496 e. The van der Waals surface area contributed by atoms with E-state index in [1.54, 1.807) is 19.2 Å². The number of hydrogen-bond acceptors (Lipinski definition) is 2. The zero-order chi connectivity index (χ0) is 14.7. The molecule has 0 saturated heterocycles. The van der Waals surface area contributed by atoms with Gasteiger partial charge >= 0.3 is 0 Å². The van der Waals surface area contributed by atoms with E-state index < -0.39 is 0 Å². The van der Waals surface area contributed by atoms with Gasteiger partial charge in [-0.25, -0.2) is 4.39 Å². The van der Waals surface area contributed by atoms with Gasteiger partial charge in [-0.3, -0.25) is 0 Å². The Balaban J connectivity index is 2.29. The molecule has 0 aliphatic heterocycles. The van der Waals surface area contributed by atoms with Crippen molar-refractivity contribution in [2.24, 2.45) is 0 Å². The smallest absolute Gasteiger partial charge is 0.128 e. The Hall–Kier alpha value is -2.03. The molecule has 3 heteroatoms. The third-order valence-electron chi connectivity index (χ3n) is 3.55. The molecule has 0 aliphatic carbocycles. The van der Waals surface area contributed by atoms with Crippen molar-refractivity contribution in [3.63, 3.8) is 0 Å². The van der Waals surface area contributed by atoms with Gasteiger partial charge in [-0.05, 0) is 38.5 Å². The summed E-state index contributed by atoms with van der Waals surface area (Å²) in [5, 5.41) is 3.35. The molecule has 2 nitrogen and oxygen atoms in total. The first-order valence-electron chi connectivity index (χ1n) is 6.69. The third-order valence-corrected chi connectivity index (χ3v) is 3.55. The summed E-state index contributed by atoms with van der Waals surface area (Å²) in [5.41, 5.74) is 3.75. The van der Waals surface area contributed by atoms with E-state index in [0.29, 0.717) is 5.56 Å². The molecule has 2 rings (SSSR count). The van der Waals surface area contributed by atoms with E-state index in [0.717, 1.165) is 22.6 Å². The molecule has 0 heterocycles. The first-order chi connectivity index (χ1) is 9.54. The van der Waals surface area contributed by atoms with Crippen LogP contribution >= 0.6 is 0 Å². The molecule has 1 atom stereocenters. The Morgan fingerprint density at radius 1 is 1.10 bits per heavy atom. The highest BCUT2D eigenvalue weighted by Crippen LogP contribution is 2.31. The molecule has 0 aliphatic rings. The maximum atomic E-state index is 13.8. The number of benzene rings is 2. The molecule has 0 bridgehead atoms. The summed E-state index contributed by atoms with van der Waals surface area (Å²) in [6, 6.07) is 10.7. The Bertz CT molecular complexity index is 610. The number of aryl methyl sites for hydroxylation is 1. The maximum absolute atomic E-state index is 13.8. The van der Waals surface area contributed by atoms with E-state index in [4.69, 9.17) is 4.74 Å². The van der Waals surface area contributed by atoms with Crippen molar-refractivity contribution < 1.29 is 9.13 Å². The van der Waals surface area contributed by atoms with E-state index in [1.807, 2.05) is 39.0 Å². The van der Waals surface area contributed by atoms with Crippen LogP contribution in [0.5, 0.6) is 5.75 Å².